The fourth-order valence-corrected chi connectivity index (χ4v) is 2.70. The number of methoxy groups -OCH3 is 2. The first kappa shape index (κ1) is 23.3. The Bertz CT molecular complexity index is 775. The smallest absolute Gasteiger partial charge is 0.191 e. The Kier molecular flexibility index (Phi) is 10.2. The molecule has 27 heavy (non-hydrogen) atoms. The molecule has 0 bridgehead atoms. The lowest BCUT2D eigenvalue weighted by atomic mass is 10.1. The number of benzene rings is 2. The first-order chi connectivity index (χ1) is 12.6. The average molecular weight is 508 g/mol. The maximum absolute atomic E-state index is 13.1. The molecule has 2 N–H and O–H groups in total. The Morgan fingerprint density at radius 3 is 2.44 bits per heavy atom. The van der Waals surface area contributed by atoms with Gasteiger partial charge in [0.25, 0.3) is 0 Å². The number of rotatable bonds is 7. The summed E-state index contributed by atoms with van der Waals surface area (Å²) in [5.74, 6) is 1.80. The minimum Gasteiger partial charge on any atom is -0.497 e. The summed E-state index contributed by atoms with van der Waals surface area (Å²) in [5, 5.41) is 6.87. The lowest BCUT2D eigenvalue weighted by Crippen LogP contribution is -2.37. The Hall–Kier alpha value is -1.74. The zero-order chi connectivity index (χ0) is 18.9. The van der Waals surface area contributed by atoms with E-state index in [0.717, 1.165) is 22.6 Å². The van der Waals surface area contributed by atoms with Crippen LogP contribution in [0.3, 0.4) is 0 Å². The summed E-state index contributed by atoms with van der Waals surface area (Å²) in [6.07, 6.45) is 0.658. The molecule has 2 aromatic rings. The van der Waals surface area contributed by atoms with Gasteiger partial charge in [0.15, 0.2) is 5.96 Å². The summed E-state index contributed by atoms with van der Waals surface area (Å²) in [5.41, 5.74) is 1.87. The van der Waals surface area contributed by atoms with Crippen molar-refractivity contribution in [1.82, 2.24) is 10.6 Å². The number of ether oxygens (including phenoxy) is 2. The highest BCUT2D eigenvalue weighted by molar-refractivity contribution is 14.0. The predicted octanol–water partition coefficient (Wildman–Crippen LogP) is 4.02. The fourth-order valence-electron chi connectivity index (χ4n) is 2.44. The first-order valence-electron chi connectivity index (χ1n) is 8.16. The summed E-state index contributed by atoms with van der Waals surface area (Å²) in [6.45, 7) is 1.16. The molecule has 0 amide bonds. The van der Waals surface area contributed by atoms with Crippen molar-refractivity contribution in [3.8, 4) is 11.5 Å². The minimum absolute atomic E-state index is 0. The van der Waals surface area contributed by atoms with Gasteiger partial charge in [-0.2, -0.15) is 0 Å². The number of guanidine groups is 1. The molecule has 0 aliphatic heterocycles. The van der Waals surface area contributed by atoms with Gasteiger partial charge in [0.2, 0.25) is 0 Å². The van der Waals surface area contributed by atoms with Crippen LogP contribution >= 0.6 is 35.6 Å². The van der Waals surface area contributed by atoms with Crippen LogP contribution in [0.15, 0.2) is 41.4 Å². The van der Waals surface area contributed by atoms with Gasteiger partial charge < -0.3 is 20.1 Å². The van der Waals surface area contributed by atoms with E-state index in [2.05, 4.69) is 15.6 Å². The molecule has 0 aromatic heterocycles. The third-order valence-corrected chi connectivity index (χ3v) is 4.22. The van der Waals surface area contributed by atoms with Crippen molar-refractivity contribution >= 4 is 41.5 Å². The molecule has 0 radical (unpaired) electrons. The molecular formula is C19H24ClFIN3O2. The van der Waals surface area contributed by atoms with Crippen LogP contribution in [0.25, 0.3) is 0 Å². The standard InChI is InChI=1S/C19H23ClFN3O2.HI/c1-22-19(23-9-8-13-4-6-15(21)10-17(13)20)24-12-14-5-7-16(25-2)11-18(14)26-3;/h4-7,10-11H,8-9,12H2,1-3H3,(H2,22,23,24);1H. The minimum atomic E-state index is -0.336. The number of nitrogens with zero attached hydrogens (tertiary/aromatic N) is 1. The van der Waals surface area contributed by atoms with E-state index in [-0.39, 0.29) is 29.8 Å². The van der Waals surface area contributed by atoms with Crippen molar-refractivity contribution in [2.45, 2.75) is 13.0 Å². The van der Waals surface area contributed by atoms with Gasteiger partial charge in [0.1, 0.15) is 17.3 Å². The molecule has 5 nitrogen and oxygen atoms in total. The first-order valence-corrected chi connectivity index (χ1v) is 8.54. The summed E-state index contributed by atoms with van der Waals surface area (Å²) >= 11 is 6.04. The van der Waals surface area contributed by atoms with Crippen LogP contribution in [0.1, 0.15) is 11.1 Å². The van der Waals surface area contributed by atoms with Crippen LogP contribution in [0.4, 0.5) is 4.39 Å². The van der Waals surface area contributed by atoms with Gasteiger partial charge in [-0.25, -0.2) is 4.39 Å². The summed E-state index contributed by atoms with van der Waals surface area (Å²) < 4.78 is 23.7. The van der Waals surface area contributed by atoms with E-state index in [9.17, 15) is 4.39 Å². The molecule has 0 atom stereocenters. The van der Waals surface area contributed by atoms with Crippen LogP contribution in [-0.4, -0.2) is 33.8 Å². The molecule has 0 heterocycles. The molecule has 0 spiro atoms. The molecule has 2 aromatic carbocycles. The van der Waals surface area contributed by atoms with Crippen molar-refractivity contribution < 1.29 is 13.9 Å². The summed E-state index contributed by atoms with van der Waals surface area (Å²) in [6, 6.07) is 10.1. The fraction of sp³-hybridized carbons (Fsp3) is 0.316. The third kappa shape index (κ3) is 7.06. The van der Waals surface area contributed by atoms with Crippen molar-refractivity contribution in [3.05, 3.63) is 58.4 Å². The number of hydrogen-bond donors (Lipinski definition) is 2. The maximum Gasteiger partial charge on any atom is 0.191 e. The second-order valence-electron chi connectivity index (χ2n) is 5.52. The third-order valence-electron chi connectivity index (χ3n) is 3.87. The maximum atomic E-state index is 13.1. The van der Waals surface area contributed by atoms with Gasteiger partial charge in [0.05, 0.1) is 14.2 Å². The Balaban J connectivity index is 0.00000364. The largest absolute Gasteiger partial charge is 0.497 e. The van der Waals surface area contributed by atoms with E-state index in [1.54, 1.807) is 27.3 Å². The molecule has 0 fully saturated rings. The highest BCUT2D eigenvalue weighted by Crippen LogP contribution is 2.24. The predicted molar refractivity (Wildman–Crippen MR) is 118 cm³/mol. The lowest BCUT2D eigenvalue weighted by Gasteiger charge is -2.14. The van der Waals surface area contributed by atoms with E-state index in [1.165, 1.54) is 12.1 Å². The highest BCUT2D eigenvalue weighted by Gasteiger charge is 2.07. The van der Waals surface area contributed by atoms with Gasteiger partial charge in [-0.15, -0.1) is 24.0 Å². The number of aliphatic imine (C=N–C) groups is 1. The van der Waals surface area contributed by atoms with Gasteiger partial charge in [-0.05, 0) is 36.2 Å². The second-order valence-corrected chi connectivity index (χ2v) is 5.92. The van der Waals surface area contributed by atoms with Crippen LogP contribution < -0.4 is 20.1 Å². The molecule has 0 aliphatic rings. The average Bonchev–Trinajstić information content (AvgIpc) is 2.65. The van der Waals surface area contributed by atoms with Crippen LogP contribution in [0, 0.1) is 5.82 Å². The normalized spacial score (nSPS) is 10.8. The van der Waals surface area contributed by atoms with Crippen LogP contribution in [-0.2, 0) is 13.0 Å². The van der Waals surface area contributed by atoms with Crippen LogP contribution in [0.2, 0.25) is 5.02 Å². The quantitative estimate of drug-likeness (QED) is 0.338. The molecule has 0 aliphatic carbocycles. The van der Waals surface area contributed by atoms with E-state index < -0.39 is 0 Å². The van der Waals surface area contributed by atoms with Crippen molar-refractivity contribution in [2.75, 3.05) is 27.8 Å². The lowest BCUT2D eigenvalue weighted by molar-refractivity contribution is 0.390. The molecule has 0 unspecified atom stereocenters. The Morgan fingerprint density at radius 1 is 1.07 bits per heavy atom. The molecule has 0 saturated heterocycles. The van der Waals surface area contributed by atoms with E-state index in [1.807, 2.05) is 18.2 Å². The topological polar surface area (TPSA) is 54.9 Å². The number of nitrogens with one attached hydrogen (secondary N) is 2. The summed E-state index contributed by atoms with van der Waals surface area (Å²) in [7, 11) is 4.94. The molecule has 8 heteroatoms. The van der Waals surface area contributed by atoms with E-state index >= 15 is 0 Å². The van der Waals surface area contributed by atoms with Gasteiger partial charge >= 0.3 is 0 Å². The zero-order valence-electron chi connectivity index (χ0n) is 15.5. The Morgan fingerprint density at radius 2 is 1.81 bits per heavy atom. The van der Waals surface area contributed by atoms with Crippen LogP contribution in [0.5, 0.6) is 11.5 Å². The number of halogens is 3. The van der Waals surface area contributed by atoms with Crippen molar-refractivity contribution in [1.29, 1.82) is 0 Å². The van der Waals surface area contributed by atoms with E-state index in [0.29, 0.717) is 30.5 Å². The molecule has 2 rings (SSSR count). The zero-order valence-corrected chi connectivity index (χ0v) is 18.6. The SMILES string of the molecule is CN=C(NCCc1ccc(F)cc1Cl)NCc1ccc(OC)cc1OC.I. The molecule has 148 valence electrons. The van der Waals surface area contributed by atoms with Gasteiger partial charge in [0, 0.05) is 36.8 Å². The second kappa shape index (κ2) is 11.9. The van der Waals surface area contributed by atoms with Gasteiger partial charge in [-0.3, -0.25) is 4.99 Å². The number of hydrogen-bond acceptors (Lipinski definition) is 3. The van der Waals surface area contributed by atoms with Gasteiger partial charge in [-0.1, -0.05) is 17.7 Å². The monoisotopic (exact) mass is 507 g/mol. The molecule has 0 saturated carbocycles. The van der Waals surface area contributed by atoms with Crippen molar-refractivity contribution in [3.63, 3.8) is 0 Å². The van der Waals surface area contributed by atoms with E-state index in [4.69, 9.17) is 21.1 Å². The molecular weight excluding hydrogens is 484 g/mol. The van der Waals surface area contributed by atoms with Crippen molar-refractivity contribution in [2.24, 2.45) is 4.99 Å². The highest BCUT2D eigenvalue weighted by atomic mass is 127. The Labute approximate surface area is 181 Å². The summed E-state index contributed by atoms with van der Waals surface area (Å²) in [4.78, 5) is 4.20.